The molecule has 0 radical (unpaired) electrons. The summed E-state index contributed by atoms with van der Waals surface area (Å²) in [7, 11) is 1.57. The second kappa shape index (κ2) is 5.33. The maximum absolute atomic E-state index is 11.6. The largest absolute Gasteiger partial charge is 0.382 e. The van der Waals surface area contributed by atoms with Crippen molar-refractivity contribution in [3.63, 3.8) is 0 Å². The normalized spacial score (nSPS) is 19.2. The molecule has 1 aliphatic rings. The van der Waals surface area contributed by atoms with Crippen molar-refractivity contribution in [3.8, 4) is 0 Å². The van der Waals surface area contributed by atoms with Crippen molar-refractivity contribution in [3.05, 3.63) is 5.56 Å². The average molecular weight is 256 g/mol. The van der Waals surface area contributed by atoms with E-state index < -0.39 is 0 Å². The van der Waals surface area contributed by atoms with E-state index in [2.05, 4.69) is 15.0 Å². The molecule has 1 atom stereocenters. The van der Waals surface area contributed by atoms with E-state index >= 15 is 0 Å². The third-order valence-electron chi connectivity index (χ3n) is 2.69. The van der Waals surface area contributed by atoms with Crippen LogP contribution in [0.3, 0.4) is 0 Å². The van der Waals surface area contributed by atoms with Gasteiger partial charge in [0.25, 0.3) is 5.91 Å². The van der Waals surface area contributed by atoms with Crippen LogP contribution in [0.5, 0.6) is 0 Å². The van der Waals surface area contributed by atoms with Crippen molar-refractivity contribution in [1.29, 1.82) is 0 Å². The topological polar surface area (TPSA) is 89.3 Å². The van der Waals surface area contributed by atoms with Gasteiger partial charge in [-0.1, -0.05) is 0 Å². The Morgan fingerprint density at radius 2 is 2.53 bits per heavy atom. The van der Waals surface area contributed by atoms with Crippen LogP contribution in [-0.2, 0) is 4.74 Å². The molecule has 1 amide bonds. The number of nitrogens with one attached hydrogen (secondary N) is 2. The highest BCUT2D eigenvalue weighted by molar-refractivity contribution is 7.11. The van der Waals surface area contributed by atoms with Gasteiger partial charge in [0.1, 0.15) is 10.6 Å². The van der Waals surface area contributed by atoms with Crippen LogP contribution in [0.2, 0.25) is 0 Å². The Balaban J connectivity index is 2.02. The number of aromatic nitrogens is 1. The lowest BCUT2D eigenvalue weighted by atomic mass is 10.2. The molecule has 17 heavy (non-hydrogen) atoms. The molecule has 6 nitrogen and oxygen atoms in total. The second-order valence-electron chi connectivity index (χ2n) is 3.87. The fraction of sp³-hybridized carbons (Fsp3) is 0.600. The summed E-state index contributed by atoms with van der Waals surface area (Å²) < 4.78 is 9.48. The molecule has 1 aromatic heterocycles. The van der Waals surface area contributed by atoms with Crippen molar-refractivity contribution in [2.45, 2.75) is 18.9 Å². The van der Waals surface area contributed by atoms with E-state index in [0.29, 0.717) is 17.1 Å². The number of ether oxygens (including phenoxy) is 1. The van der Waals surface area contributed by atoms with E-state index in [4.69, 9.17) is 10.5 Å². The van der Waals surface area contributed by atoms with E-state index in [1.54, 1.807) is 7.05 Å². The molecule has 1 aliphatic heterocycles. The molecule has 0 aromatic carbocycles. The molecule has 2 rings (SSSR count). The quantitative estimate of drug-likeness (QED) is 0.737. The van der Waals surface area contributed by atoms with Gasteiger partial charge < -0.3 is 21.1 Å². The maximum atomic E-state index is 11.6. The summed E-state index contributed by atoms with van der Waals surface area (Å²) in [5.41, 5.74) is 6.10. The lowest BCUT2D eigenvalue weighted by Gasteiger charge is -2.11. The number of hydrogen-bond acceptors (Lipinski definition) is 6. The van der Waals surface area contributed by atoms with Gasteiger partial charge in [0.2, 0.25) is 0 Å². The van der Waals surface area contributed by atoms with E-state index in [9.17, 15) is 4.79 Å². The minimum atomic E-state index is -0.217. The van der Waals surface area contributed by atoms with Crippen LogP contribution >= 0.6 is 11.5 Å². The summed E-state index contributed by atoms with van der Waals surface area (Å²) in [6.07, 6.45) is 2.37. The summed E-state index contributed by atoms with van der Waals surface area (Å²) >= 11 is 1.20. The fourth-order valence-electron chi connectivity index (χ4n) is 1.78. The van der Waals surface area contributed by atoms with Crippen molar-refractivity contribution in [2.75, 3.05) is 31.2 Å². The molecule has 0 aliphatic carbocycles. The molecule has 1 unspecified atom stereocenters. The SMILES string of the molecule is CNC(=O)c1c(N)nsc1NCC1CCCO1. The number of anilines is 2. The van der Waals surface area contributed by atoms with Crippen LogP contribution in [-0.4, -0.2) is 36.6 Å². The maximum Gasteiger partial charge on any atom is 0.257 e. The zero-order valence-electron chi connectivity index (χ0n) is 9.66. The molecule has 1 fully saturated rings. The molecule has 0 saturated carbocycles. The van der Waals surface area contributed by atoms with Crippen LogP contribution in [0, 0.1) is 0 Å². The van der Waals surface area contributed by atoms with Crippen LogP contribution in [0.4, 0.5) is 10.8 Å². The number of amides is 1. The monoisotopic (exact) mass is 256 g/mol. The molecule has 1 saturated heterocycles. The Labute approximate surface area is 104 Å². The first-order valence-corrected chi connectivity index (χ1v) is 6.32. The number of nitrogens with two attached hydrogens (primary N) is 1. The zero-order chi connectivity index (χ0) is 12.3. The van der Waals surface area contributed by atoms with E-state index in [1.807, 2.05) is 0 Å². The van der Waals surface area contributed by atoms with Gasteiger partial charge in [0, 0.05) is 20.2 Å². The summed E-state index contributed by atoms with van der Waals surface area (Å²) in [5.74, 6) is 0.0512. The number of nitrogens with zero attached hydrogens (tertiary/aromatic N) is 1. The number of carbonyl (C=O) groups excluding carboxylic acids is 1. The van der Waals surface area contributed by atoms with Gasteiger partial charge in [-0.25, -0.2) is 0 Å². The number of hydrogen-bond donors (Lipinski definition) is 3. The Morgan fingerprint density at radius 3 is 3.18 bits per heavy atom. The highest BCUT2D eigenvalue weighted by Crippen LogP contribution is 2.27. The first-order valence-electron chi connectivity index (χ1n) is 5.55. The lowest BCUT2D eigenvalue weighted by molar-refractivity contribution is 0.0964. The molecule has 7 heteroatoms. The summed E-state index contributed by atoms with van der Waals surface area (Å²) in [5, 5.41) is 6.44. The van der Waals surface area contributed by atoms with Crippen LogP contribution in [0.25, 0.3) is 0 Å². The van der Waals surface area contributed by atoms with Gasteiger partial charge in [0.15, 0.2) is 5.82 Å². The summed E-state index contributed by atoms with van der Waals surface area (Å²) in [6, 6.07) is 0. The Morgan fingerprint density at radius 1 is 1.71 bits per heavy atom. The highest BCUT2D eigenvalue weighted by Gasteiger charge is 2.20. The Bertz CT molecular complexity index is 401. The molecular weight excluding hydrogens is 240 g/mol. The minimum absolute atomic E-state index is 0.217. The van der Waals surface area contributed by atoms with Crippen molar-refractivity contribution in [1.82, 2.24) is 9.69 Å². The average Bonchev–Trinajstić information content (AvgIpc) is 2.95. The smallest absolute Gasteiger partial charge is 0.257 e. The standard InChI is InChI=1S/C10H16N4O2S/c1-12-9(15)7-8(11)14-17-10(7)13-5-6-3-2-4-16-6/h6,13H,2-5H2,1H3,(H2,11,14)(H,12,15). The first-order chi connectivity index (χ1) is 8.22. The molecule has 1 aromatic rings. The third-order valence-corrected chi connectivity index (χ3v) is 3.51. The summed E-state index contributed by atoms with van der Waals surface area (Å²) in [4.78, 5) is 11.6. The Kier molecular flexibility index (Phi) is 3.80. The highest BCUT2D eigenvalue weighted by atomic mass is 32.1. The number of rotatable bonds is 4. The number of nitrogen functional groups attached to an aromatic ring is 1. The van der Waals surface area contributed by atoms with Gasteiger partial charge >= 0.3 is 0 Å². The molecule has 2 heterocycles. The lowest BCUT2D eigenvalue weighted by Crippen LogP contribution is -2.22. The first kappa shape index (κ1) is 12.1. The van der Waals surface area contributed by atoms with Crippen molar-refractivity contribution in [2.24, 2.45) is 0 Å². The van der Waals surface area contributed by atoms with Crippen LogP contribution in [0.1, 0.15) is 23.2 Å². The summed E-state index contributed by atoms with van der Waals surface area (Å²) in [6.45, 7) is 1.51. The predicted octanol–water partition coefficient (Wildman–Crippen LogP) is 0.676. The van der Waals surface area contributed by atoms with Gasteiger partial charge in [-0.2, -0.15) is 4.37 Å². The molecular formula is C10H16N4O2S. The van der Waals surface area contributed by atoms with Gasteiger partial charge in [-0.15, -0.1) is 0 Å². The minimum Gasteiger partial charge on any atom is -0.382 e. The van der Waals surface area contributed by atoms with Gasteiger partial charge in [0.05, 0.1) is 6.10 Å². The van der Waals surface area contributed by atoms with Crippen molar-refractivity contribution < 1.29 is 9.53 Å². The zero-order valence-corrected chi connectivity index (χ0v) is 10.5. The van der Waals surface area contributed by atoms with E-state index in [1.165, 1.54) is 11.5 Å². The molecule has 94 valence electrons. The molecule has 4 N–H and O–H groups in total. The van der Waals surface area contributed by atoms with E-state index in [-0.39, 0.29) is 17.8 Å². The van der Waals surface area contributed by atoms with Gasteiger partial charge in [-0.3, -0.25) is 4.79 Å². The molecule has 0 bridgehead atoms. The Hall–Kier alpha value is -1.34. The predicted molar refractivity (Wildman–Crippen MR) is 67.4 cm³/mol. The fourth-order valence-corrected chi connectivity index (χ4v) is 2.50. The second-order valence-corrected chi connectivity index (χ2v) is 4.64. The van der Waals surface area contributed by atoms with Crippen molar-refractivity contribution >= 4 is 28.3 Å². The van der Waals surface area contributed by atoms with Gasteiger partial charge in [-0.05, 0) is 24.4 Å². The van der Waals surface area contributed by atoms with E-state index in [0.717, 1.165) is 19.4 Å². The van der Waals surface area contributed by atoms with Crippen LogP contribution in [0.15, 0.2) is 0 Å². The van der Waals surface area contributed by atoms with Crippen LogP contribution < -0.4 is 16.4 Å². The number of carbonyl (C=O) groups is 1. The molecule has 0 spiro atoms. The third kappa shape index (κ3) is 2.67.